The van der Waals surface area contributed by atoms with Crippen molar-refractivity contribution in [3.63, 3.8) is 0 Å². The Labute approximate surface area is 194 Å². The van der Waals surface area contributed by atoms with Crippen LogP contribution in [-0.2, 0) is 20.9 Å². The molecule has 0 saturated heterocycles. The number of rotatable bonds is 9. The Kier molecular flexibility index (Phi) is 8.27. The van der Waals surface area contributed by atoms with Gasteiger partial charge in [-0.15, -0.1) is 0 Å². The lowest BCUT2D eigenvalue weighted by Crippen LogP contribution is -2.36. The average molecular weight is 450 g/mol. The molecule has 4 N–H and O–H groups in total. The van der Waals surface area contributed by atoms with Crippen molar-refractivity contribution < 1.29 is 19.1 Å². The van der Waals surface area contributed by atoms with Crippen LogP contribution in [0.25, 0.3) is 0 Å². The van der Waals surface area contributed by atoms with Crippen molar-refractivity contribution in [3.05, 3.63) is 88.3 Å². The molecular weight excluding hydrogens is 418 g/mol. The molecule has 1 aliphatic rings. The van der Waals surface area contributed by atoms with E-state index in [0.717, 1.165) is 11.1 Å². The first kappa shape index (κ1) is 24.1. The Hall–Kier alpha value is -3.58. The van der Waals surface area contributed by atoms with E-state index in [0.29, 0.717) is 41.4 Å². The van der Waals surface area contributed by atoms with Crippen LogP contribution in [-0.4, -0.2) is 31.6 Å². The monoisotopic (exact) mass is 449 g/mol. The summed E-state index contributed by atoms with van der Waals surface area (Å²) in [5, 5.41) is 6.05. The van der Waals surface area contributed by atoms with Gasteiger partial charge in [0.15, 0.2) is 0 Å². The molecule has 0 aliphatic carbocycles. The third kappa shape index (κ3) is 5.62. The molecule has 2 aromatic rings. The molecule has 0 fully saturated rings. The number of carbonyl (C=O) groups is 2. The summed E-state index contributed by atoms with van der Waals surface area (Å²) >= 11 is 0. The first-order valence-corrected chi connectivity index (χ1v) is 11.1. The van der Waals surface area contributed by atoms with E-state index in [1.54, 1.807) is 6.92 Å². The van der Waals surface area contributed by atoms with Gasteiger partial charge in [-0.25, -0.2) is 4.79 Å². The van der Waals surface area contributed by atoms with E-state index < -0.39 is 11.9 Å². The van der Waals surface area contributed by atoms with E-state index in [2.05, 4.69) is 10.6 Å². The van der Waals surface area contributed by atoms with Crippen LogP contribution >= 0.6 is 0 Å². The fraction of sp³-hybridized carbons (Fsp3) is 0.308. The highest BCUT2D eigenvalue weighted by molar-refractivity contribution is 6.02. The maximum Gasteiger partial charge on any atom is 0.336 e. The normalized spacial score (nSPS) is 15.7. The number of allylic oxidation sites excluding steroid dienone is 2. The van der Waals surface area contributed by atoms with Crippen molar-refractivity contribution in [2.75, 3.05) is 19.7 Å². The molecule has 0 aromatic heterocycles. The van der Waals surface area contributed by atoms with E-state index in [4.69, 9.17) is 15.2 Å². The molecule has 2 aromatic carbocycles. The topological polar surface area (TPSA) is 103 Å². The van der Waals surface area contributed by atoms with Crippen molar-refractivity contribution in [2.45, 2.75) is 33.3 Å². The van der Waals surface area contributed by atoms with Gasteiger partial charge < -0.3 is 25.8 Å². The van der Waals surface area contributed by atoms with Gasteiger partial charge in [0.1, 0.15) is 19.0 Å². The smallest absolute Gasteiger partial charge is 0.336 e. The first-order valence-electron chi connectivity index (χ1n) is 11.1. The van der Waals surface area contributed by atoms with Crippen LogP contribution in [0.3, 0.4) is 0 Å². The predicted octanol–water partition coefficient (Wildman–Crippen LogP) is 3.14. The second-order valence-electron chi connectivity index (χ2n) is 7.73. The van der Waals surface area contributed by atoms with Gasteiger partial charge in [-0.3, -0.25) is 4.79 Å². The van der Waals surface area contributed by atoms with Gasteiger partial charge in [0.2, 0.25) is 5.91 Å². The number of nitrogens with two attached hydrogens (primary N) is 1. The molecule has 3 rings (SSSR count). The molecule has 7 nitrogen and oxygen atoms in total. The van der Waals surface area contributed by atoms with Crippen molar-refractivity contribution in [1.82, 2.24) is 10.6 Å². The highest BCUT2D eigenvalue weighted by atomic mass is 16.5. The number of likely N-dealkylation sites (N-methyl/N-ethyl adjacent to an activating group) is 1. The number of carbonyl (C=O) groups excluding carboxylic acids is 2. The Morgan fingerprint density at radius 3 is 2.36 bits per heavy atom. The van der Waals surface area contributed by atoms with Crippen LogP contribution in [0.4, 0.5) is 0 Å². The number of esters is 1. The number of nitrogens with one attached hydrogen (secondary N) is 2. The van der Waals surface area contributed by atoms with Crippen LogP contribution in [0.15, 0.2) is 77.1 Å². The lowest BCUT2D eigenvalue weighted by Gasteiger charge is -2.31. The molecule has 1 amide bonds. The van der Waals surface area contributed by atoms with Gasteiger partial charge in [-0.2, -0.15) is 0 Å². The molecule has 174 valence electrons. The van der Waals surface area contributed by atoms with Crippen LogP contribution in [0, 0.1) is 0 Å². The molecule has 1 unspecified atom stereocenters. The Morgan fingerprint density at radius 1 is 1.00 bits per heavy atom. The number of dihydropyridines is 1. The number of ether oxygens (including phenoxy) is 2. The number of hydrogen-bond donors (Lipinski definition) is 3. The zero-order valence-electron chi connectivity index (χ0n) is 19.3. The minimum atomic E-state index is -0.657. The molecular formula is C26H31N3O4. The molecule has 33 heavy (non-hydrogen) atoms. The summed E-state index contributed by atoms with van der Waals surface area (Å²) in [6.07, 6.45) is 0. The molecule has 7 heteroatoms. The number of hydrogen-bond acceptors (Lipinski definition) is 6. The molecule has 0 spiro atoms. The SMILES string of the molecule is CCNC(=O)C1=C(C)NC(C)=C(C(=O)OCCN)C1c1ccccc1OCc1ccccc1. The second kappa shape index (κ2) is 11.3. The fourth-order valence-corrected chi connectivity index (χ4v) is 3.95. The molecule has 1 aliphatic heterocycles. The van der Waals surface area contributed by atoms with Crippen molar-refractivity contribution in [1.29, 1.82) is 0 Å². The number of amides is 1. The molecule has 0 saturated carbocycles. The first-order chi connectivity index (χ1) is 16.0. The summed E-state index contributed by atoms with van der Waals surface area (Å²) in [4.78, 5) is 26.2. The van der Waals surface area contributed by atoms with Gasteiger partial charge in [0, 0.05) is 35.6 Å². The lowest BCUT2D eigenvalue weighted by molar-refractivity contribution is -0.139. The van der Waals surface area contributed by atoms with Crippen LogP contribution < -0.4 is 21.1 Å². The fourth-order valence-electron chi connectivity index (χ4n) is 3.95. The number of benzene rings is 2. The summed E-state index contributed by atoms with van der Waals surface area (Å²) in [6, 6.07) is 17.3. The van der Waals surface area contributed by atoms with Gasteiger partial charge in [0.05, 0.1) is 11.5 Å². The summed E-state index contributed by atoms with van der Waals surface area (Å²) < 4.78 is 11.6. The summed E-state index contributed by atoms with van der Waals surface area (Å²) in [5.41, 5.74) is 9.40. The van der Waals surface area contributed by atoms with Crippen LogP contribution in [0.1, 0.15) is 37.8 Å². The Morgan fingerprint density at radius 2 is 1.67 bits per heavy atom. The van der Waals surface area contributed by atoms with Gasteiger partial charge in [-0.1, -0.05) is 48.5 Å². The van der Waals surface area contributed by atoms with E-state index in [1.807, 2.05) is 68.4 Å². The molecule has 0 radical (unpaired) electrons. The van der Waals surface area contributed by atoms with Crippen molar-refractivity contribution in [3.8, 4) is 5.75 Å². The second-order valence-corrected chi connectivity index (χ2v) is 7.73. The zero-order valence-corrected chi connectivity index (χ0v) is 19.3. The summed E-state index contributed by atoms with van der Waals surface area (Å²) in [6.45, 7) is 6.61. The largest absolute Gasteiger partial charge is 0.489 e. The van der Waals surface area contributed by atoms with Crippen molar-refractivity contribution in [2.24, 2.45) is 5.73 Å². The molecule has 1 atom stereocenters. The van der Waals surface area contributed by atoms with Crippen LogP contribution in [0.2, 0.25) is 0 Å². The minimum Gasteiger partial charge on any atom is -0.489 e. The van der Waals surface area contributed by atoms with Gasteiger partial charge in [-0.05, 0) is 32.4 Å². The highest BCUT2D eigenvalue weighted by Gasteiger charge is 2.38. The maximum atomic E-state index is 13.1. The summed E-state index contributed by atoms with van der Waals surface area (Å²) in [7, 11) is 0. The quantitative estimate of drug-likeness (QED) is 0.509. The predicted molar refractivity (Wildman–Crippen MR) is 127 cm³/mol. The average Bonchev–Trinajstić information content (AvgIpc) is 2.81. The summed E-state index contributed by atoms with van der Waals surface area (Å²) in [5.74, 6) is -0.820. The van der Waals surface area contributed by atoms with Gasteiger partial charge >= 0.3 is 5.97 Å². The number of para-hydroxylation sites is 1. The van der Waals surface area contributed by atoms with E-state index >= 15 is 0 Å². The lowest BCUT2D eigenvalue weighted by atomic mass is 9.79. The zero-order chi connectivity index (χ0) is 23.8. The van der Waals surface area contributed by atoms with E-state index in [-0.39, 0.29) is 19.1 Å². The Bertz CT molecular complexity index is 1060. The maximum absolute atomic E-state index is 13.1. The van der Waals surface area contributed by atoms with E-state index in [1.165, 1.54) is 0 Å². The third-order valence-electron chi connectivity index (χ3n) is 5.38. The van der Waals surface area contributed by atoms with E-state index in [9.17, 15) is 9.59 Å². The van der Waals surface area contributed by atoms with Crippen molar-refractivity contribution >= 4 is 11.9 Å². The minimum absolute atomic E-state index is 0.0909. The van der Waals surface area contributed by atoms with Gasteiger partial charge in [0.25, 0.3) is 0 Å². The molecule has 1 heterocycles. The standard InChI is InChI=1S/C26H31N3O4/c1-4-28-25(30)22-17(2)29-18(3)23(26(31)32-15-14-27)24(22)20-12-8-9-13-21(20)33-16-19-10-6-5-7-11-19/h5-13,24,29H,4,14-16,27H2,1-3H3,(H,28,30). The molecule has 0 bridgehead atoms. The Balaban J connectivity index is 2.08. The highest BCUT2D eigenvalue weighted by Crippen LogP contribution is 2.42. The third-order valence-corrected chi connectivity index (χ3v) is 5.38. The van der Waals surface area contributed by atoms with Crippen LogP contribution in [0.5, 0.6) is 5.75 Å².